The van der Waals surface area contributed by atoms with Crippen LogP contribution in [0.15, 0.2) is 62.6 Å². The Bertz CT molecular complexity index is 990. The molecule has 0 aliphatic heterocycles. The first-order valence-corrected chi connectivity index (χ1v) is 11.1. The number of anilines is 1. The third-order valence-corrected chi connectivity index (χ3v) is 5.31. The van der Waals surface area contributed by atoms with Crippen LogP contribution in [-0.2, 0) is 9.53 Å². The van der Waals surface area contributed by atoms with E-state index in [2.05, 4.69) is 31.4 Å². The van der Waals surface area contributed by atoms with Crippen molar-refractivity contribution in [2.75, 3.05) is 17.7 Å². The summed E-state index contributed by atoms with van der Waals surface area (Å²) < 4.78 is 11.7. The number of carbonyl (C=O) groups is 2. The minimum absolute atomic E-state index is 0.114. The van der Waals surface area contributed by atoms with Gasteiger partial charge < -0.3 is 14.5 Å². The third-order valence-electron chi connectivity index (χ3n) is 3.96. The molecule has 9 heteroatoms. The van der Waals surface area contributed by atoms with Gasteiger partial charge in [0, 0.05) is 15.7 Å². The number of nitrogens with zero attached hydrogens (tertiary/aromatic N) is 2. The Kier molecular flexibility index (Phi) is 8.04. The van der Waals surface area contributed by atoms with Crippen molar-refractivity contribution in [1.29, 1.82) is 0 Å². The molecule has 2 aromatic carbocycles. The van der Waals surface area contributed by atoms with Gasteiger partial charge in [0.15, 0.2) is 0 Å². The first kappa shape index (κ1) is 22.0. The molecule has 1 N–H and O–H groups in total. The van der Waals surface area contributed by atoms with Gasteiger partial charge in [0.1, 0.15) is 0 Å². The summed E-state index contributed by atoms with van der Waals surface area (Å²) in [5.41, 5.74) is 1.84. The molecule has 3 rings (SSSR count). The number of rotatable bonds is 9. The van der Waals surface area contributed by atoms with E-state index in [1.807, 2.05) is 31.2 Å². The SMILES string of the molecule is CCCCOC(=O)c1ccc(NC(=O)CSc2nnc(-c3ccc(Br)cc3)o2)cc1. The van der Waals surface area contributed by atoms with Crippen molar-refractivity contribution in [1.82, 2.24) is 10.2 Å². The van der Waals surface area contributed by atoms with Crippen LogP contribution >= 0.6 is 27.7 Å². The quantitative estimate of drug-likeness (QED) is 0.251. The molecule has 0 fully saturated rings. The number of benzene rings is 2. The van der Waals surface area contributed by atoms with Crippen molar-refractivity contribution in [3.8, 4) is 11.5 Å². The molecule has 0 saturated carbocycles. The average Bonchev–Trinajstić information content (AvgIpc) is 3.22. The lowest BCUT2D eigenvalue weighted by atomic mass is 10.2. The van der Waals surface area contributed by atoms with Crippen LogP contribution in [0.1, 0.15) is 30.1 Å². The van der Waals surface area contributed by atoms with Gasteiger partial charge in [0.05, 0.1) is 17.9 Å². The zero-order valence-corrected chi connectivity index (χ0v) is 18.7. The molecule has 0 radical (unpaired) electrons. The summed E-state index contributed by atoms with van der Waals surface area (Å²) >= 11 is 4.53. The first-order chi connectivity index (χ1) is 14.5. The lowest BCUT2D eigenvalue weighted by Crippen LogP contribution is -2.14. The van der Waals surface area contributed by atoms with Crippen molar-refractivity contribution >= 4 is 45.3 Å². The van der Waals surface area contributed by atoms with E-state index in [1.165, 1.54) is 0 Å². The molecule has 1 amide bonds. The molecule has 0 spiro atoms. The van der Waals surface area contributed by atoms with Gasteiger partial charge in [0.25, 0.3) is 5.22 Å². The average molecular weight is 490 g/mol. The van der Waals surface area contributed by atoms with Crippen LogP contribution in [-0.4, -0.2) is 34.4 Å². The maximum atomic E-state index is 12.2. The van der Waals surface area contributed by atoms with Gasteiger partial charge in [-0.25, -0.2) is 4.79 Å². The number of ether oxygens (including phenoxy) is 1. The highest BCUT2D eigenvalue weighted by molar-refractivity contribution is 9.10. The lowest BCUT2D eigenvalue weighted by molar-refractivity contribution is -0.113. The second kappa shape index (κ2) is 10.9. The van der Waals surface area contributed by atoms with Crippen LogP contribution in [0.3, 0.4) is 0 Å². The second-order valence-corrected chi connectivity index (χ2v) is 8.13. The van der Waals surface area contributed by atoms with Crippen molar-refractivity contribution < 1.29 is 18.7 Å². The van der Waals surface area contributed by atoms with E-state index in [1.54, 1.807) is 24.3 Å². The van der Waals surface area contributed by atoms with E-state index in [9.17, 15) is 9.59 Å². The fraction of sp³-hybridized carbons (Fsp3) is 0.238. The molecule has 156 valence electrons. The van der Waals surface area contributed by atoms with Gasteiger partial charge in [-0.15, -0.1) is 10.2 Å². The number of nitrogens with one attached hydrogen (secondary N) is 1. The fourth-order valence-corrected chi connectivity index (χ4v) is 3.21. The zero-order valence-electron chi connectivity index (χ0n) is 16.3. The normalized spacial score (nSPS) is 10.6. The molecule has 1 heterocycles. The van der Waals surface area contributed by atoms with Crippen LogP contribution in [0.25, 0.3) is 11.5 Å². The smallest absolute Gasteiger partial charge is 0.338 e. The molecule has 0 bridgehead atoms. The number of unbranched alkanes of at least 4 members (excludes halogenated alkanes) is 1. The number of thioether (sulfide) groups is 1. The number of halogens is 1. The van der Waals surface area contributed by atoms with Crippen molar-refractivity contribution in [3.63, 3.8) is 0 Å². The zero-order chi connectivity index (χ0) is 21.3. The van der Waals surface area contributed by atoms with Gasteiger partial charge in [0.2, 0.25) is 11.8 Å². The van der Waals surface area contributed by atoms with E-state index in [4.69, 9.17) is 9.15 Å². The number of hydrogen-bond donors (Lipinski definition) is 1. The van der Waals surface area contributed by atoms with E-state index in [0.29, 0.717) is 29.0 Å². The van der Waals surface area contributed by atoms with Crippen LogP contribution in [0, 0.1) is 0 Å². The molecule has 0 aliphatic carbocycles. The Labute approximate surface area is 186 Å². The number of carbonyl (C=O) groups excluding carboxylic acids is 2. The van der Waals surface area contributed by atoms with Crippen LogP contribution in [0.4, 0.5) is 5.69 Å². The second-order valence-electron chi connectivity index (χ2n) is 6.28. The topological polar surface area (TPSA) is 94.3 Å². The molecule has 30 heavy (non-hydrogen) atoms. The van der Waals surface area contributed by atoms with Gasteiger partial charge in [-0.2, -0.15) is 0 Å². The highest BCUT2D eigenvalue weighted by Gasteiger charge is 2.12. The number of aromatic nitrogens is 2. The van der Waals surface area contributed by atoms with Gasteiger partial charge in [-0.3, -0.25) is 4.79 Å². The Hall–Kier alpha value is -2.65. The highest BCUT2D eigenvalue weighted by Crippen LogP contribution is 2.24. The van der Waals surface area contributed by atoms with E-state index >= 15 is 0 Å². The van der Waals surface area contributed by atoms with Crippen molar-refractivity contribution in [2.24, 2.45) is 0 Å². The monoisotopic (exact) mass is 489 g/mol. The number of esters is 1. The Morgan fingerprint density at radius 2 is 1.83 bits per heavy atom. The standard InChI is InChI=1S/C21H20BrN3O4S/c1-2-3-12-28-20(27)15-6-10-17(11-7-15)23-18(26)13-30-21-25-24-19(29-21)14-4-8-16(22)9-5-14/h4-11H,2-3,12-13H2,1H3,(H,23,26). The van der Waals surface area contributed by atoms with E-state index < -0.39 is 0 Å². The van der Waals surface area contributed by atoms with Gasteiger partial charge in [-0.1, -0.05) is 41.0 Å². The molecule has 3 aromatic rings. The molecule has 0 saturated heterocycles. The summed E-state index contributed by atoms with van der Waals surface area (Å²) in [5.74, 6) is -0.0775. The largest absolute Gasteiger partial charge is 0.462 e. The maximum Gasteiger partial charge on any atom is 0.338 e. The summed E-state index contributed by atoms with van der Waals surface area (Å²) in [6.07, 6.45) is 1.80. The van der Waals surface area contributed by atoms with Crippen LogP contribution in [0.2, 0.25) is 0 Å². The number of amides is 1. The fourth-order valence-electron chi connectivity index (χ4n) is 2.38. The highest BCUT2D eigenvalue weighted by atomic mass is 79.9. The van der Waals surface area contributed by atoms with E-state index in [0.717, 1.165) is 34.6 Å². The Balaban J connectivity index is 1.48. The molecule has 0 aliphatic rings. The molecule has 0 unspecified atom stereocenters. The summed E-state index contributed by atoms with van der Waals surface area (Å²) in [7, 11) is 0. The summed E-state index contributed by atoms with van der Waals surface area (Å²) in [4.78, 5) is 24.1. The first-order valence-electron chi connectivity index (χ1n) is 9.34. The summed E-state index contributed by atoms with van der Waals surface area (Å²) in [6, 6.07) is 14.1. The van der Waals surface area contributed by atoms with Crippen LogP contribution < -0.4 is 5.32 Å². The lowest BCUT2D eigenvalue weighted by Gasteiger charge is -2.06. The maximum absolute atomic E-state index is 12.2. The van der Waals surface area contributed by atoms with Crippen LogP contribution in [0.5, 0.6) is 0 Å². The van der Waals surface area contributed by atoms with E-state index in [-0.39, 0.29) is 17.6 Å². The summed E-state index contributed by atoms with van der Waals surface area (Å²) in [6.45, 7) is 2.44. The predicted octanol–water partition coefficient (Wildman–Crippen LogP) is 5.19. The molecular formula is C21H20BrN3O4S. The van der Waals surface area contributed by atoms with Crippen molar-refractivity contribution in [2.45, 2.75) is 25.0 Å². The van der Waals surface area contributed by atoms with Gasteiger partial charge in [-0.05, 0) is 55.0 Å². The number of hydrogen-bond acceptors (Lipinski definition) is 7. The minimum atomic E-state index is -0.366. The third kappa shape index (κ3) is 6.43. The molecule has 1 aromatic heterocycles. The minimum Gasteiger partial charge on any atom is -0.462 e. The Morgan fingerprint density at radius 1 is 1.10 bits per heavy atom. The predicted molar refractivity (Wildman–Crippen MR) is 118 cm³/mol. The molecule has 0 atom stereocenters. The molecule has 7 nitrogen and oxygen atoms in total. The Morgan fingerprint density at radius 3 is 2.53 bits per heavy atom. The van der Waals surface area contributed by atoms with Crippen molar-refractivity contribution in [3.05, 3.63) is 58.6 Å². The molecular weight excluding hydrogens is 470 g/mol. The summed E-state index contributed by atoms with van der Waals surface area (Å²) in [5, 5.41) is 11.0. The van der Waals surface area contributed by atoms with Gasteiger partial charge >= 0.3 is 5.97 Å².